The van der Waals surface area contributed by atoms with Crippen molar-refractivity contribution in [1.82, 2.24) is 5.01 Å². The molecule has 1 heterocycles. The van der Waals surface area contributed by atoms with Gasteiger partial charge in [0, 0.05) is 18.2 Å². The van der Waals surface area contributed by atoms with Crippen LogP contribution in [0, 0.1) is 6.92 Å². The number of hydrogen-bond donors (Lipinski definition) is 0. The van der Waals surface area contributed by atoms with E-state index in [-0.39, 0.29) is 5.91 Å². The molecule has 3 aromatic carbocycles. The van der Waals surface area contributed by atoms with Crippen molar-refractivity contribution in [2.45, 2.75) is 13.8 Å². The maximum atomic E-state index is 12.6. The van der Waals surface area contributed by atoms with Crippen molar-refractivity contribution in [2.24, 2.45) is 0 Å². The Bertz CT molecular complexity index is 1030. The molecule has 4 rings (SSSR count). The summed E-state index contributed by atoms with van der Waals surface area (Å²) in [6, 6.07) is 25.9. The monoisotopic (exact) mass is 387 g/mol. The van der Waals surface area contributed by atoms with Gasteiger partial charge < -0.3 is 4.90 Å². The first kappa shape index (κ1) is 18.2. The van der Waals surface area contributed by atoms with E-state index in [4.69, 9.17) is 12.2 Å². The molecule has 0 saturated carbocycles. The third-order valence-corrected chi connectivity index (χ3v) is 5.31. The van der Waals surface area contributed by atoms with Crippen LogP contribution in [0.25, 0.3) is 0 Å². The Morgan fingerprint density at radius 1 is 0.893 bits per heavy atom. The third kappa shape index (κ3) is 3.14. The van der Waals surface area contributed by atoms with Crippen molar-refractivity contribution in [2.75, 3.05) is 16.6 Å². The summed E-state index contributed by atoms with van der Waals surface area (Å²) in [6.07, 6.45) is 0. The van der Waals surface area contributed by atoms with Gasteiger partial charge in [0.15, 0.2) is 0 Å². The Labute approximate surface area is 170 Å². The van der Waals surface area contributed by atoms with E-state index in [1.54, 1.807) is 11.9 Å². The molecule has 3 aromatic rings. The number of fused-ring (bicyclic) bond motifs is 1. The molecule has 0 N–H and O–H groups in total. The van der Waals surface area contributed by atoms with Crippen LogP contribution < -0.4 is 9.91 Å². The maximum Gasteiger partial charge on any atom is 0.242 e. The largest absolute Gasteiger partial charge is 0.320 e. The normalized spacial score (nSPS) is 13.3. The minimum absolute atomic E-state index is 0.0855. The van der Waals surface area contributed by atoms with Gasteiger partial charge in [0.2, 0.25) is 5.91 Å². The second kappa shape index (κ2) is 7.44. The third-order valence-electron chi connectivity index (χ3n) is 4.88. The van der Waals surface area contributed by atoms with Crippen molar-refractivity contribution in [3.8, 4) is 0 Å². The molecule has 28 heavy (non-hydrogen) atoms. The van der Waals surface area contributed by atoms with Crippen LogP contribution in [-0.4, -0.2) is 22.6 Å². The molecular formula is C23H21N3OS. The molecule has 0 bridgehead atoms. The smallest absolute Gasteiger partial charge is 0.242 e. The summed E-state index contributed by atoms with van der Waals surface area (Å²) in [7, 11) is 0. The summed E-state index contributed by atoms with van der Waals surface area (Å²) >= 11 is 5.82. The molecule has 0 unspecified atom stereocenters. The fraction of sp³-hybridized carbons (Fsp3) is 0.130. The van der Waals surface area contributed by atoms with E-state index >= 15 is 0 Å². The first-order chi connectivity index (χ1) is 13.6. The van der Waals surface area contributed by atoms with E-state index < -0.39 is 0 Å². The molecule has 4 nitrogen and oxygen atoms in total. The van der Waals surface area contributed by atoms with Gasteiger partial charge in [0.05, 0.1) is 11.4 Å². The predicted octanol–water partition coefficient (Wildman–Crippen LogP) is 5.05. The molecule has 0 aromatic heterocycles. The molecule has 0 aliphatic carbocycles. The van der Waals surface area contributed by atoms with Crippen LogP contribution in [0.2, 0.25) is 0 Å². The standard InChI is InChI=1S/C23H21N3OS/c1-17-10-6-8-14-21(17)24-16-25(23(28)20-13-7-9-15-22(20)24)26(18(2)27)19-11-4-3-5-12-19/h3-15H,16H2,1-2H3. The molecule has 0 saturated heterocycles. The average Bonchev–Trinajstić information content (AvgIpc) is 2.71. The van der Waals surface area contributed by atoms with Gasteiger partial charge in [-0.2, -0.15) is 0 Å². The van der Waals surface area contributed by atoms with E-state index in [9.17, 15) is 4.79 Å². The van der Waals surface area contributed by atoms with Gasteiger partial charge >= 0.3 is 0 Å². The summed E-state index contributed by atoms with van der Waals surface area (Å²) in [5, 5.41) is 3.53. The lowest BCUT2D eigenvalue weighted by atomic mass is 10.1. The molecule has 0 radical (unpaired) electrons. The zero-order valence-electron chi connectivity index (χ0n) is 15.9. The topological polar surface area (TPSA) is 26.8 Å². The lowest BCUT2D eigenvalue weighted by molar-refractivity contribution is -0.118. The van der Waals surface area contributed by atoms with Crippen LogP contribution >= 0.6 is 12.2 Å². The van der Waals surface area contributed by atoms with Crippen LogP contribution in [0.1, 0.15) is 18.1 Å². The highest BCUT2D eigenvalue weighted by Crippen LogP contribution is 2.36. The van der Waals surface area contributed by atoms with E-state index in [1.807, 2.05) is 65.7 Å². The van der Waals surface area contributed by atoms with Gasteiger partial charge in [-0.1, -0.05) is 60.7 Å². The van der Waals surface area contributed by atoms with Crippen LogP contribution in [0.5, 0.6) is 0 Å². The van der Waals surface area contributed by atoms with Crippen LogP contribution in [-0.2, 0) is 4.79 Å². The lowest BCUT2D eigenvalue weighted by Gasteiger charge is -2.44. The fourth-order valence-corrected chi connectivity index (χ4v) is 3.90. The molecular weight excluding hydrogens is 366 g/mol. The van der Waals surface area contributed by atoms with Gasteiger partial charge in [-0.25, -0.2) is 10.0 Å². The van der Waals surface area contributed by atoms with Crippen LogP contribution in [0.4, 0.5) is 17.1 Å². The van der Waals surface area contributed by atoms with Crippen molar-refractivity contribution < 1.29 is 4.79 Å². The molecule has 140 valence electrons. The number of aryl methyl sites for hydroxylation is 1. The van der Waals surface area contributed by atoms with Gasteiger partial charge in [0.1, 0.15) is 11.7 Å². The summed E-state index contributed by atoms with van der Waals surface area (Å²) in [5.41, 5.74) is 5.04. The molecule has 1 amide bonds. The zero-order chi connectivity index (χ0) is 19.7. The number of para-hydroxylation sites is 3. The average molecular weight is 388 g/mol. The molecule has 1 aliphatic rings. The Balaban J connectivity index is 1.85. The second-order valence-electron chi connectivity index (χ2n) is 6.74. The summed E-state index contributed by atoms with van der Waals surface area (Å²) in [4.78, 5) is 15.5. The highest BCUT2D eigenvalue weighted by atomic mass is 32.1. The first-order valence-electron chi connectivity index (χ1n) is 9.17. The van der Waals surface area contributed by atoms with Crippen molar-refractivity contribution in [3.05, 3.63) is 90.0 Å². The quantitative estimate of drug-likeness (QED) is 0.588. The Kier molecular flexibility index (Phi) is 4.84. The number of thiocarbonyl (C=S) groups is 1. The number of amides is 1. The SMILES string of the molecule is CC(=O)N(c1ccccc1)N1CN(c2ccccc2C)c2ccccc2C1=S. The number of carbonyl (C=O) groups is 1. The van der Waals surface area contributed by atoms with Crippen LogP contribution in [0.3, 0.4) is 0 Å². The van der Waals surface area contributed by atoms with Crippen molar-refractivity contribution in [3.63, 3.8) is 0 Å². The summed E-state index contributed by atoms with van der Waals surface area (Å²) in [6.45, 7) is 4.11. The molecule has 1 aliphatic heterocycles. The molecule has 5 heteroatoms. The fourth-order valence-electron chi connectivity index (χ4n) is 3.59. The zero-order valence-corrected chi connectivity index (χ0v) is 16.7. The highest BCUT2D eigenvalue weighted by molar-refractivity contribution is 7.80. The van der Waals surface area contributed by atoms with E-state index in [2.05, 4.69) is 30.0 Å². The maximum absolute atomic E-state index is 12.6. The Morgan fingerprint density at radius 3 is 2.18 bits per heavy atom. The molecule has 0 atom stereocenters. The van der Waals surface area contributed by atoms with Gasteiger partial charge in [-0.05, 0) is 42.8 Å². The van der Waals surface area contributed by atoms with Crippen molar-refractivity contribution in [1.29, 1.82) is 0 Å². The predicted molar refractivity (Wildman–Crippen MR) is 118 cm³/mol. The van der Waals surface area contributed by atoms with E-state index in [0.717, 1.165) is 22.6 Å². The summed E-state index contributed by atoms with van der Waals surface area (Å²) < 4.78 is 0. The number of nitrogens with zero attached hydrogens (tertiary/aromatic N) is 3. The van der Waals surface area contributed by atoms with Gasteiger partial charge in [-0.15, -0.1) is 0 Å². The minimum Gasteiger partial charge on any atom is -0.320 e. The Morgan fingerprint density at radius 2 is 1.50 bits per heavy atom. The second-order valence-corrected chi connectivity index (χ2v) is 7.13. The number of benzene rings is 3. The molecule has 0 spiro atoms. The summed E-state index contributed by atoms with van der Waals surface area (Å²) in [5.74, 6) is -0.0855. The number of carbonyl (C=O) groups excluding carboxylic acids is 1. The van der Waals surface area contributed by atoms with Crippen LogP contribution in [0.15, 0.2) is 78.9 Å². The number of anilines is 3. The van der Waals surface area contributed by atoms with Gasteiger partial charge in [0.25, 0.3) is 0 Å². The first-order valence-corrected chi connectivity index (χ1v) is 9.58. The van der Waals surface area contributed by atoms with E-state index in [1.165, 1.54) is 5.56 Å². The minimum atomic E-state index is -0.0855. The Hall–Kier alpha value is -3.18. The highest BCUT2D eigenvalue weighted by Gasteiger charge is 2.33. The van der Waals surface area contributed by atoms with E-state index in [0.29, 0.717) is 11.7 Å². The molecule has 0 fully saturated rings. The van der Waals surface area contributed by atoms with Gasteiger partial charge in [-0.3, -0.25) is 4.79 Å². The number of hydrazine groups is 1. The van der Waals surface area contributed by atoms with Crippen molar-refractivity contribution >= 4 is 40.2 Å². The number of rotatable bonds is 3. The lowest BCUT2D eigenvalue weighted by Crippen LogP contribution is -2.55. The number of hydrogen-bond acceptors (Lipinski definition) is 3.